The molecule has 0 spiro atoms. The van der Waals surface area contributed by atoms with Crippen LogP contribution in [0.25, 0.3) is 0 Å². The summed E-state index contributed by atoms with van der Waals surface area (Å²) in [6.45, 7) is 6.49. The third kappa shape index (κ3) is 4.46. The molecule has 1 fully saturated rings. The van der Waals surface area contributed by atoms with Crippen molar-refractivity contribution in [3.63, 3.8) is 0 Å². The SMILES string of the molecule is Cc1nccn1CCN1CCN(c2ccc(Cl)cc2C#N)C(c2ccc(Cl)cc2)C1. The van der Waals surface area contributed by atoms with E-state index in [-0.39, 0.29) is 6.04 Å². The summed E-state index contributed by atoms with van der Waals surface area (Å²) in [6, 6.07) is 16.0. The summed E-state index contributed by atoms with van der Waals surface area (Å²) >= 11 is 12.3. The van der Waals surface area contributed by atoms with E-state index in [4.69, 9.17) is 23.2 Å². The summed E-state index contributed by atoms with van der Waals surface area (Å²) in [7, 11) is 0. The smallest absolute Gasteiger partial charge is 0.105 e. The number of halogens is 2. The molecule has 0 N–H and O–H groups in total. The van der Waals surface area contributed by atoms with Crippen molar-refractivity contribution in [2.75, 3.05) is 31.1 Å². The molecular weight excluding hydrogens is 417 g/mol. The zero-order valence-electron chi connectivity index (χ0n) is 16.8. The maximum atomic E-state index is 9.66. The predicted molar refractivity (Wildman–Crippen MR) is 121 cm³/mol. The van der Waals surface area contributed by atoms with Crippen molar-refractivity contribution in [2.45, 2.75) is 19.5 Å². The summed E-state index contributed by atoms with van der Waals surface area (Å²) in [5, 5.41) is 11.0. The molecule has 4 rings (SSSR count). The van der Waals surface area contributed by atoms with Crippen molar-refractivity contribution >= 4 is 28.9 Å². The van der Waals surface area contributed by atoms with Crippen LogP contribution in [0.15, 0.2) is 54.9 Å². The van der Waals surface area contributed by atoms with Crippen LogP contribution in [0.1, 0.15) is 23.0 Å². The van der Waals surface area contributed by atoms with Crippen LogP contribution in [0.3, 0.4) is 0 Å². The Kier molecular flexibility index (Phi) is 6.29. The van der Waals surface area contributed by atoms with Crippen molar-refractivity contribution in [3.8, 4) is 6.07 Å². The molecular formula is C23H23Cl2N5. The number of nitrogens with zero attached hydrogens (tertiary/aromatic N) is 5. The topological polar surface area (TPSA) is 48.1 Å². The first-order valence-corrected chi connectivity index (χ1v) is 10.7. The molecule has 1 saturated heterocycles. The van der Waals surface area contributed by atoms with E-state index in [1.807, 2.05) is 43.6 Å². The standard InChI is InChI=1S/C23H23Cl2N5/c1-17-27-8-9-29(17)12-10-28-11-13-30(22-7-6-21(25)14-19(22)15-26)23(16-28)18-2-4-20(24)5-3-18/h2-9,14,23H,10-13,16H2,1H3. The number of aromatic nitrogens is 2. The van der Waals surface area contributed by atoms with Gasteiger partial charge in [0.05, 0.1) is 17.3 Å². The lowest BCUT2D eigenvalue weighted by Gasteiger charge is -2.43. The molecule has 5 nitrogen and oxygen atoms in total. The number of hydrogen-bond acceptors (Lipinski definition) is 4. The van der Waals surface area contributed by atoms with Crippen molar-refractivity contribution in [1.82, 2.24) is 14.5 Å². The van der Waals surface area contributed by atoms with Crippen molar-refractivity contribution in [2.24, 2.45) is 0 Å². The van der Waals surface area contributed by atoms with E-state index in [1.54, 1.807) is 6.07 Å². The summed E-state index contributed by atoms with van der Waals surface area (Å²) in [5.41, 5.74) is 2.71. The monoisotopic (exact) mass is 439 g/mol. The van der Waals surface area contributed by atoms with Crippen molar-refractivity contribution in [1.29, 1.82) is 5.26 Å². The molecule has 0 amide bonds. The highest BCUT2D eigenvalue weighted by atomic mass is 35.5. The van der Waals surface area contributed by atoms with Crippen LogP contribution < -0.4 is 4.90 Å². The van der Waals surface area contributed by atoms with E-state index in [9.17, 15) is 5.26 Å². The molecule has 2 heterocycles. The highest BCUT2D eigenvalue weighted by Crippen LogP contribution is 2.34. The van der Waals surface area contributed by atoms with Gasteiger partial charge in [-0.1, -0.05) is 35.3 Å². The van der Waals surface area contributed by atoms with Gasteiger partial charge in [0.25, 0.3) is 0 Å². The van der Waals surface area contributed by atoms with E-state index in [0.29, 0.717) is 10.6 Å². The summed E-state index contributed by atoms with van der Waals surface area (Å²) < 4.78 is 2.18. The molecule has 3 aromatic rings. The second kappa shape index (κ2) is 9.09. The predicted octanol–water partition coefficient (Wildman–Crippen LogP) is 4.93. The zero-order valence-corrected chi connectivity index (χ0v) is 18.3. The summed E-state index contributed by atoms with van der Waals surface area (Å²) in [6.07, 6.45) is 3.86. The van der Waals surface area contributed by atoms with Gasteiger partial charge in [-0.2, -0.15) is 5.26 Å². The number of nitriles is 1. The molecule has 0 radical (unpaired) electrons. The van der Waals surface area contributed by atoms with Crippen molar-refractivity contribution in [3.05, 3.63) is 81.9 Å². The van der Waals surface area contributed by atoms with E-state index < -0.39 is 0 Å². The molecule has 0 aliphatic carbocycles. The molecule has 1 aliphatic heterocycles. The number of anilines is 1. The number of rotatable bonds is 5. The Bertz CT molecular complexity index is 1050. The van der Waals surface area contributed by atoms with Gasteiger partial charge in [-0.25, -0.2) is 4.98 Å². The fourth-order valence-electron chi connectivity index (χ4n) is 4.04. The van der Waals surface area contributed by atoms with Crippen LogP contribution >= 0.6 is 23.2 Å². The molecule has 7 heteroatoms. The maximum absolute atomic E-state index is 9.66. The third-order valence-electron chi connectivity index (χ3n) is 5.69. The Balaban J connectivity index is 1.60. The highest BCUT2D eigenvalue weighted by Gasteiger charge is 2.29. The van der Waals surface area contributed by atoms with Gasteiger partial charge in [0, 0.05) is 55.2 Å². The average molecular weight is 440 g/mol. The minimum absolute atomic E-state index is 0.119. The van der Waals surface area contributed by atoms with Crippen LogP contribution in [0.2, 0.25) is 10.0 Å². The molecule has 0 saturated carbocycles. The molecule has 0 bridgehead atoms. The second-order valence-corrected chi connectivity index (χ2v) is 8.38. The number of piperazine rings is 1. The molecule has 1 atom stereocenters. The Morgan fingerprint density at radius 1 is 1.07 bits per heavy atom. The Morgan fingerprint density at radius 3 is 2.53 bits per heavy atom. The third-order valence-corrected chi connectivity index (χ3v) is 6.18. The minimum Gasteiger partial charge on any atom is -0.361 e. The molecule has 2 aromatic carbocycles. The van der Waals surface area contributed by atoms with E-state index in [1.165, 1.54) is 5.56 Å². The quantitative estimate of drug-likeness (QED) is 0.564. The normalized spacial score (nSPS) is 17.1. The summed E-state index contributed by atoms with van der Waals surface area (Å²) in [5.74, 6) is 1.03. The van der Waals surface area contributed by atoms with Gasteiger partial charge in [0.15, 0.2) is 0 Å². The number of aryl methyl sites for hydroxylation is 1. The van der Waals surface area contributed by atoms with Gasteiger partial charge in [-0.05, 0) is 42.8 Å². The Hall–Kier alpha value is -2.52. The lowest BCUT2D eigenvalue weighted by atomic mass is 10.00. The molecule has 154 valence electrons. The van der Waals surface area contributed by atoms with Gasteiger partial charge in [-0.3, -0.25) is 4.90 Å². The van der Waals surface area contributed by atoms with Crippen molar-refractivity contribution < 1.29 is 0 Å². The van der Waals surface area contributed by atoms with E-state index in [0.717, 1.165) is 49.3 Å². The maximum Gasteiger partial charge on any atom is 0.105 e. The fraction of sp³-hybridized carbons (Fsp3) is 0.304. The van der Waals surface area contributed by atoms with Gasteiger partial charge in [0.2, 0.25) is 0 Å². The highest BCUT2D eigenvalue weighted by molar-refractivity contribution is 6.31. The Morgan fingerprint density at radius 2 is 1.83 bits per heavy atom. The Labute approximate surface area is 187 Å². The average Bonchev–Trinajstić information content (AvgIpc) is 3.17. The first-order chi connectivity index (χ1) is 14.5. The zero-order chi connectivity index (χ0) is 21.1. The van der Waals surface area contributed by atoms with Crippen LogP contribution in [-0.4, -0.2) is 40.6 Å². The van der Waals surface area contributed by atoms with E-state index in [2.05, 4.69) is 37.6 Å². The van der Waals surface area contributed by atoms with Crippen LogP contribution in [0, 0.1) is 18.3 Å². The van der Waals surface area contributed by atoms with Gasteiger partial charge in [0.1, 0.15) is 11.9 Å². The molecule has 30 heavy (non-hydrogen) atoms. The number of hydrogen-bond donors (Lipinski definition) is 0. The van der Waals surface area contributed by atoms with Crippen LogP contribution in [0.4, 0.5) is 5.69 Å². The largest absolute Gasteiger partial charge is 0.361 e. The first-order valence-electron chi connectivity index (χ1n) is 9.97. The molecule has 1 unspecified atom stereocenters. The number of imidazole rings is 1. The van der Waals surface area contributed by atoms with Crippen LogP contribution in [-0.2, 0) is 6.54 Å². The number of benzene rings is 2. The van der Waals surface area contributed by atoms with Gasteiger partial charge >= 0.3 is 0 Å². The lowest BCUT2D eigenvalue weighted by Crippen LogP contribution is -2.49. The van der Waals surface area contributed by atoms with Crippen LogP contribution in [0.5, 0.6) is 0 Å². The molecule has 1 aromatic heterocycles. The molecule has 1 aliphatic rings. The first kappa shape index (κ1) is 20.7. The van der Waals surface area contributed by atoms with E-state index >= 15 is 0 Å². The summed E-state index contributed by atoms with van der Waals surface area (Å²) in [4.78, 5) is 9.10. The minimum atomic E-state index is 0.119. The van der Waals surface area contributed by atoms with Gasteiger partial charge in [-0.15, -0.1) is 0 Å². The fourth-order valence-corrected chi connectivity index (χ4v) is 4.34. The second-order valence-electron chi connectivity index (χ2n) is 7.50. The van der Waals surface area contributed by atoms with Gasteiger partial charge < -0.3 is 9.47 Å². The lowest BCUT2D eigenvalue weighted by molar-refractivity contribution is 0.215.